The third kappa shape index (κ3) is 5.30. The zero-order chi connectivity index (χ0) is 35.1. The molecule has 0 N–H and O–H groups in total. The lowest BCUT2D eigenvalue weighted by molar-refractivity contribution is 1.07. The van der Waals surface area contributed by atoms with Gasteiger partial charge in [-0.05, 0) is 101 Å². The first-order chi connectivity index (χ1) is 26.3. The molecule has 10 aromatic rings. The van der Waals surface area contributed by atoms with E-state index in [2.05, 4.69) is 226 Å². The molecule has 0 saturated carbocycles. The molecular formula is C50H35N3. The largest absolute Gasteiger partial charge is 0.311 e. The van der Waals surface area contributed by atoms with E-state index < -0.39 is 0 Å². The third-order valence-corrected chi connectivity index (χ3v) is 10.3. The summed E-state index contributed by atoms with van der Waals surface area (Å²) in [7, 11) is 0. The van der Waals surface area contributed by atoms with Crippen molar-refractivity contribution in [2.24, 2.45) is 0 Å². The van der Waals surface area contributed by atoms with Gasteiger partial charge in [0.15, 0.2) is 0 Å². The Morgan fingerprint density at radius 1 is 0.302 bits per heavy atom. The maximum atomic E-state index is 2.42. The lowest BCUT2D eigenvalue weighted by Crippen LogP contribution is -2.09. The second-order valence-electron chi connectivity index (χ2n) is 13.4. The summed E-state index contributed by atoms with van der Waals surface area (Å²) in [4.78, 5) is 2.29. The van der Waals surface area contributed by atoms with Crippen LogP contribution in [-0.4, -0.2) is 9.13 Å². The molecule has 0 radical (unpaired) electrons. The molecule has 2 heterocycles. The number of para-hydroxylation sites is 5. The van der Waals surface area contributed by atoms with Gasteiger partial charge in [0.25, 0.3) is 0 Å². The van der Waals surface area contributed by atoms with Crippen LogP contribution in [0.4, 0.5) is 17.1 Å². The van der Waals surface area contributed by atoms with Gasteiger partial charge in [0.05, 0.1) is 11.0 Å². The summed E-state index contributed by atoms with van der Waals surface area (Å²) in [6.07, 6.45) is 0. The van der Waals surface area contributed by atoms with E-state index in [4.69, 9.17) is 0 Å². The molecule has 0 saturated heterocycles. The second-order valence-corrected chi connectivity index (χ2v) is 13.4. The van der Waals surface area contributed by atoms with Crippen LogP contribution in [0.25, 0.3) is 66.5 Å². The van der Waals surface area contributed by atoms with E-state index >= 15 is 0 Å². The van der Waals surface area contributed by atoms with Crippen LogP contribution in [0.1, 0.15) is 0 Å². The minimum absolute atomic E-state index is 1.12. The van der Waals surface area contributed by atoms with Crippen LogP contribution in [-0.2, 0) is 0 Å². The fraction of sp³-hybridized carbons (Fsp3) is 0. The topological polar surface area (TPSA) is 13.1 Å². The number of benzene rings is 8. The van der Waals surface area contributed by atoms with Crippen molar-refractivity contribution in [1.29, 1.82) is 0 Å². The summed E-state index contributed by atoms with van der Waals surface area (Å²) in [6.45, 7) is 0. The molecule has 2 aromatic heterocycles. The van der Waals surface area contributed by atoms with E-state index in [9.17, 15) is 0 Å². The first-order valence-electron chi connectivity index (χ1n) is 18.1. The maximum absolute atomic E-state index is 2.42. The van der Waals surface area contributed by atoms with Gasteiger partial charge in [0.2, 0.25) is 0 Å². The predicted molar refractivity (Wildman–Crippen MR) is 223 cm³/mol. The van der Waals surface area contributed by atoms with E-state index in [-0.39, 0.29) is 0 Å². The Morgan fingerprint density at radius 3 is 1.25 bits per heavy atom. The number of nitrogens with zero attached hydrogens (tertiary/aromatic N) is 3. The highest BCUT2D eigenvalue weighted by Gasteiger charge is 2.22. The number of hydrogen-bond acceptors (Lipinski definition) is 1. The normalized spacial score (nSPS) is 11.4. The van der Waals surface area contributed by atoms with Crippen molar-refractivity contribution in [3.05, 3.63) is 212 Å². The first-order valence-corrected chi connectivity index (χ1v) is 18.1. The van der Waals surface area contributed by atoms with Crippen LogP contribution in [0.2, 0.25) is 0 Å². The molecular weight excluding hydrogens is 643 g/mol. The highest BCUT2D eigenvalue weighted by molar-refractivity contribution is 6.23. The molecule has 0 fully saturated rings. The van der Waals surface area contributed by atoms with Gasteiger partial charge in [-0.1, -0.05) is 133 Å². The Labute approximate surface area is 308 Å². The standard InChI is InChI=1S/C50H35N3/c1-5-15-40(16-6-1)51(41-17-7-2-8-18-41)44-32-29-37(30-33-44)36-25-27-38(28-26-36)39-31-34-48-46(35-39)49-45-23-13-14-24-47(45)52(42-19-9-3-10-20-42)50(49)53(48)43-21-11-4-12-22-43/h1-35H. The summed E-state index contributed by atoms with van der Waals surface area (Å²) in [5.74, 6) is 0. The van der Waals surface area contributed by atoms with Crippen LogP contribution < -0.4 is 4.90 Å². The molecule has 0 aliphatic rings. The Balaban J connectivity index is 1.06. The summed E-state index contributed by atoms with van der Waals surface area (Å²) in [5.41, 5.74) is 14.0. The number of fused-ring (bicyclic) bond motifs is 5. The summed E-state index contributed by atoms with van der Waals surface area (Å²) >= 11 is 0. The molecule has 0 amide bonds. The van der Waals surface area contributed by atoms with Gasteiger partial charge in [0.1, 0.15) is 5.65 Å². The Kier molecular flexibility index (Phi) is 7.47. The number of anilines is 3. The fourth-order valence-electron chi connectivity index (χ4n) is 7.86. The quantitative estimate of drug-likeness (QED) is 0.164. The fourth-order valence-corrected chi connectivity index (χ4v) is 7.86. The van der Waals surface area contributed by atoms with Crippen LogP contribution in [0.15, 0.2) is 212 Å². The SMILES string of the molecule is c1ccc(N(c2ccccc2)c2ccc(-c3ccc(-c4ccc5c(c4)c4c6ccccc6n(-c6ccccc6)c4n5-c4ccccc4)cc3)cc2)cc1. The average molecular weight is 678 g/mol. The van der Waals surface area contributed by atoms with Crippen LogP contribution >= 0.6 is 0 Å². The van der Waals surface area contributed by atoms with Crippen molar-refractivity contribution in [1.82, 2.24) is 9.13 Å². The second kappa shape index (κ2) is 12.9. The zero-order valence-corrected chi connectivity index (χ0v) is 29.0. The van der Waals surface area contributed by atoms with Crippen molar-refractivity contribution < 1.29 is 0 Å². The molecule has 0 atom stereocenters. The van der Waals surface area contributed by atoms with E-state index in [1.165, 1.54) is 55.1 Å². The Hall–Kier alpha value is -7.10. The van der Waals surface area contributed by atoms with E-state index in [1.54, 1.807) is 0 Å². The van der Waals surface area contributed by atoms with Crippen molar-refractivity contribution >= 4 is 49.9 Å². The number of aromatic nitrogens is 2. The van der Waals surface area contributed by atoms with Crippen molar-refractivity contribution in [2.75, 3.05) is 4.90 Å². The van der Waals surface area contributed by atoms with Gasteiger partial charge >= 0.3 is 0 Å². The lowest BCUT2D eigenvalue weighted by Gasteiger charge is -2.25. The van der Waals surface area contributed by atoms with Crippen molar-refractivity contribution in [2.45, 2.75) is 0 Å². The lowest BCUT2D eigenvalue weighted by atomic mass is 9.98. The highest BCUT2D eigenvalue weighted by Crippen LogP contribution is 2.42. The summed E-state index contributed by atoms with van der Waals surface area (Å²) in [6, 6.07) is 76.1. The zero-order valence-electron chi connectivity index (χ0n) is 29.0. The van der Waals surface area contributed by atoms with Gasteiger partial charge in [0, 0.05) is 44.6 Å². The van der Waals surface area contributed by atoms with Crippen LogP contribution in [0.5, 0.6) is 0 Å². The molecule has 250 valence electrons. The Bertz CT molecular complexity index is 2800. The number of hydrogen-bond donors (Lipinski definition) is 0. The monoisotopic (exact) mass is 677 g/mol. The maximum Gasteiger partial charge on any atom is 0.131 e. The van der Waals surface area contributed by atoms with Crippen molar-refractivity contribution in [3.63, 3.8) is 0 Å². The predicted octanol–water partition coefficient (Wildman–Crippen LogP) is 13.5. The van der Waals surface area contributed by atoms with Gasteiger partial charge in [-0.2, -0.15) is 0 Å². The molecule has 10 rings (SSSR count). The van der Waals surface area contributed by atoms with Gasteiger partial charge in [-0.3, -0.25) is 9.13 Å². The molecule has 0 unspecified atom stereocenters. The Morgan fingerprint density at radius 2 is 0.698 bits per heavy atom. The smallest absolute Gasteiger partial charge is 0.131 e. The summed E-state index contributed by atoms with van der Waals surface area (Å²) in [5, 5.41) is 3.76. The number of rotatable bonds is 7. The molecule has 3 heteroatoms. The van der Waals surface area contributed by atoms with E-state index in [0.29, 0.717) is 0 Å². The van der Waals surface area contributed by atoms with E-state index in [1.807, 2.05) is 0 Å². The van der Waals surface area contributed by atoms with Gasteiger partial charge < -0.3 is 4.90 Å². The molecule has 0 bridgehead atoms. The molecule has 53 heavy (non-hydrogen) atoms. The minimum Gasteiger partial charge on any atom is -0.311 e. The molecule has 0 aliphatic heterocycles. The minimum atomic E-state index is 1.12. The van der Waals surface area contributed by atoms with Crippen LogP contribution in [0, 0.1) is 0 Å². The van der Waals surface area contributed by atoms with E-state index in [0.717, 1.165) is 28.4 Å². The third-order valence-electron chi connectivity index (χ3n) is 10.3. The van der Waals surface area contributed by atoms with Gasteiger partial charge in [-0.15, -0.1) is 0 Å². The average Bonchev–Trinajstić information content (AvgIpc) is 3.75. The summed E-state index contributed by atoms with van der Waals surface area (Å²) < 4.78 is 4.83. The van der Waals surface area contributed by atoms with Crippen LogP contribution in [0.3, 0.4) is 0 Å². The first kappa shape index (κ1) is 30.7. The molecule has 0 spiro atoms. The molecule has 3 nitrogen and oxygen atoms in total. The van der Waals surface area contributed by atoms with Crippen molar-refractivity contribution in [3.8, 4) is 33.6 Å². The molecule has 8 aromatic carbocycles. The van der Waals surface area contributed by atoms with Gasteiger partial charge in [-0.25, -0.2) is 0 Å². The highest BCUT2D eigenvalue weighted by atomic mass is 15.1. The molecule has 0 aliphatic carbocycles.